The van der Waals surface area contributed by atoms with Crippen molar-refractivity contribution >= 4 is 11.6 Å². The molecule has 2 heterocycles. The molecule has 0 saturated carbocycles. The monoisotopic (exact) mass is 386 g/mol. The van der Waals surface area contributed by atoms with Crippen LogP contribution in [0.3, 0.4) is 0 Å². The summed E-state index contributed by atoms with van der Waals surface area (Å²) < 4.78 is 15.5. The molecule has 1 saturated heterocycles. The van der Waals surface area contributed by atoms with Gasteiger partial charge >= 0.3 is 0 Å². The average Bonchev–Trinajstić information content (AvgIpc) is 2.92. The summed E-state index contributed by atoms with van der Waals surface area (Å²) in [7, 11) is 1.96. The summed E-state index contributed by atoms with van der Waals surface area (Å²) in [6.07, 6.45) is 2.13. The SMILES string of the molecule is CCNC(=NCc1c(C)nn(C)c1C)NC1CCCN(c2cccc(F)c2)C1. The molecule has 2 N–H and O–H groups in total. The van der Waals surface area contributed by atoms with Gasteiger partial charge in [-0.2, -0.15) is 5.10 Å². The van der Waals surface area contributed by atoms with Crippen LogP contribution in [-0.4, -0.2) is 41.4 Å². The summed E-state index contributed by atoms with van der Waals surface area (Å²) in [4.78, 5) is 7.03. The summed E-state index contributed by atoms with van der Waals surface area (Å²) in [6.45, 7) is 9.34. The maximum Gasteiger partial charge on any atom is 0.191 e. The van der Waals surface area contributed by atoms with Crippen LogP contribution in [0.1, 0.15) is 36.7 Å². The van der Waals surface area contributed by atoms with Crippen LogP contribution in [-0.2, 0) is 13.6 Å². The van der Waals surface area contributed by atoms with Crippen molar-refractivity contribution in [1.29, 1.82) is 0 Å². The van der Waals surface area contributed by atoms with E-state index in [0.717, 1.165) is 55.5 Å². The van der Waals surface area contributed by atoms with Crippen LogP contribution < -0.4 is 15.5 Å². The van der Waals surface area contributed by atoms with Crippen LogP contribution in [0, 0.1) is 19.7 Å². The molecule has 0 amide bonds. The fourth-order valence-electron chi connectivity index (χ4n) is 3.72. The van der Waals surface area contributed by atoms with Gasteiger partial charge in [0.15, 0.2) is 5.96 Å². The number of rotatable bonds is 5. The van der Waals surface area contributed by atoms with Gasteiger partial charge < -0.3 is 15.5 Å². The summed E-state index contributed by atoms with van der Waals surface area (Å²) in [6, 6.07) is 7.10. The van der Waals surface area contributed by atoms with Gasteiger partial charge in [-0.15, -0.1) is 0 Å². The number of hydrogen-bond donors (Lipinski definition) is 2. The van der Waals surface area contributed by atoms with Gasteiger partial charge in [-0.1, -0.05) is 6.07 Å². The molecule has 0 spiro atoms. The van der Waals surface area contributed by atoms with Gasteiger partial charge in [-0.05, 0) is 51.8 Å². The zero-order valence-corrected chi connectivity index (χ0v) is 17.3. The number of nitrogens with zero attached hydrogens (tertiary/aromatic N) is 4. The number of hydrogen-bond acceptors (Lipinski definition) is 3. The Labute approximate surface area is 166 Å². The minimum Gasteiger partial charge on any atom is -0.369 e. The number of nitrogens with one attached hydrogen (secondary N) is 2. The third kappa shape index (κ3) is 4.82. The molecule has 0 bridgehead atoms. The first-order valence-corrected chi connectivity index (χ1v) is 10.0. The average molecular weight is 387 g/mol. The number of benzene rings is 1. The van der Waals surface area contributed by atoms with Gasteiger partial charge in [0.1, 0.15) is 5.82 Å². The lowest BCUT2D eigenvalue weighted by Gasteiger charge is -2.35. The number of aliphatic imine (C=N–C) groups is 1. The second kappa shape index (κ2) is 9.08. The van der Waals surface area contributed by atoms with E-state index in [-0.39, 0.29) is 11.9 Å². The molecule has 0 aliphatic carbocycles. The quantitative estimate of drug-likeness (QED) is 0.613. The third-order valence-electron chi connectivity index (χ3n) is 5.33. The Bertz CT molecular complexity index is 828. The number of piperidine rings is 1. The molecule has 6 nitrogen and oxygen atoms in total. The van der Waals surface area contributed by atoms with Gasteiger partial charge in [-0.3, -0.25) is 4.68 Å². The molecule has 2 aromatic rings. The van der Waals surface area contributed by atoms with Crippen LogP contribution in [0.15, 0.2) is 29.3 Å². The molecule has 1 aromatic heterocycles. The highest BCUT2D eigenvalue weighted by Gasteiger charge is 2.21. The van der Waals surface area contributed by atoms with Gasteiger partial charge in [0.2, 0.25) is 0 Å². The second-order valence-corrected chi connectivity index (χ2v) is 7.38. The van der Waals surface area contributed by atoms with Crippen molar-refractivity contribution in [2.24, 2.45) is 12.0 Å². The highest BCUT2D eigenvalue weighted by molar-refractivity contribution is 5.80. The molecule has 1 atom stereocenters. The zero-order chi connectivity index (χ0) is 20.1. The predicted molar refractivity (Wildman–Crippen MR) is 112 cm³/mol. The van der Waals surface area contributed by atoms with E-state index in [4.69, 9.17) is 4.99 Å². The first kappa shape index (κ1) is 20.2. The van der Waals surface area contributed by atoms with Crippen LogP contribution in [0.25, 0.3) is 0 Å². The largest absolute Gasteiger partial charge is 0.369 e. The summed E-state index contributed by atoms with van der Waals surface area (Å²) >= 11 is 0. The lowest BCUT2D eigenvalue weighted by atomic mass is 10.0. The van der Waals surface area contributed by atoms with E-state index in [0.29, 0.717) is 6.54 Å². The predicted octanol–water partition coefficient (Wildman–Crippen LogP) is 2.90. The van der Waals surface area contributed by atoms with Crippen LogP contribution in [0.2, 0.25) is 0 Å². The van der Waals surface area contributed by atoms with E-state index in [1.165, 1.54) is 11.6 Å². The molecule has 1 fully saturated rings. The van der Waals surface area contributed by atoms with Gasteiger partial charge in [-0.25, -0.2) is 9.38 Å². The highest BCUT2D eigenvalue weighted by Crippen LogP contribution is 2.21. The molecule has 152 valence electrons. The van der Waals surface area contributed by atoms with E-state index in [1.54, 1.807) is 12.1 Å². The molecule has 1 aliphatic rings. The number of anilines is 1. The number of halogens is 1. The number of guanidine groups is 1. The van der Waals surface area contributed by atoms with Crippen molar-refractivity contribution in [3.05, 3.63) is 47.0 Å². The topological polar surface area (TPSA) is 57.5 Å². The van der Waals surface area contributed by atoms with E-state index < -0.39 is 0 Å². The first-order valence-electron chi connectivity index (χ1n) is 10.0. The van der Waals surface area contributed by atoms with Crippen molar-refractivity contribution in [1.82, 2.24) is 20.4 Å². The second-order valence-electron chi connectivity index (χ2n) is 7.38. The standard InChI is InChI=1S/C21H31FN6/c1-5-23-21(24-13-20-15(2)26-27(4)16(20)3)25-18-9-7-11-28(14-18)19-10-6-8-17(22)12-19/h6,8,10,12,18H,5,7,9,11,13-14H2,1-4H3,(H2,23,24,25). The Morgan fingerprint density at radius 2 is 2.18 bits per heavy atom. The Morgan fingerprint density at radius 1 is 1.36 bits per heavy atom. The van der Waals surface area contributed by atoms with Crippen LogP contribution in [0.4, 0.5) is 10.1 Å². The van der Waals surface area contributed by atoms with Crippen molar-refractivity contribution in [3.8, 4) is 0 Å². The fourth-order valence-corrected chi connectivity index (χ4v) is 3.72. The highest BCUT2D eigenvalue weighted by atomic mass is 19.1. The molecule has 1 aliphatic heterocycles. The molecule has 28 heavy (non-hydrogen) atoms. The number of aryl methyl sites for hydroxylation is 2. The molecule has 0 radical (unpaired) electrons. The smallest absolute Gasteiger partial charge is 0.191 e. The maximum atomic E-state index is 13.6. The molecular formula is C21H31FN6. The Balaban J connectivity index is 1.67. The van der Waals surface area contributed by atoms with Crippen LogP contribution in [0.5, 0.6) is 0 Å². The molecule has 1 unspecified atom stereocenters. The lowest BCUT2D eigenvalue weighted by Crippen LogP contribution is -2.51. The summed E-state index contributed by atoms with van der Waals surface area (Å²) in [5.74, 6) is 0.626. The van der Waals surface area contributed by atoms with Crippen LogP contribution >= 0.6 is 0 Å². The number of aromatic nitrogens is 2. The Morgan fingerprint density at radius 3 is 2.86 bits per heavy atom. The van der Waals surface area contributed by atoms with Gasteiger partial charge in [0.05, 0.1) is 12.2 Å². The van der Waals surface area contributed by atoms with Crippen molar-refractivity contribution in [3.63, 3.8) is 0 Å². The van der Waals surface area contributed by atoms with E-state index in [2.05, 4.69) is 34.5 Å². The molecular weight excluding hydrogens is 355 g/mol. The van der Waals surface area contributed by atoms with Crippen molar-refractivity contribution < 1.29 is 4.39 Å². The van der Waals surface area contributed by atoms with E-state index >= 15 is 0 Å². The minimum absolute atomic E-state index is 0.190. The summed E-state index contributed by atoms with van der Waals surface area (Å²) in [5.41, 5.74) is 4.28. The van der Waals surface area contributed by atoms with E-state index in [9.17, 15) is 4.39 Å². The van der Waals surface area contributed by atoms with Crippen molar-refractivity contribution in [2.75, 3.05) is 24.5 Å². The zero-order valence-electron chi connectivity index (χ0n) is 17.3. The lowest BCUT2D eigenvalue weighted by molar-refractivity contribution is 0.467. The van der Waals surface area contributed by atoms with E-state index in [1.807, 2.05) is 24.7 Å². The normalized spacial score (nSPS) is 17.7. The van der Waals surface area contributed by atoms with Crippen molar-refractivity contribution in [2.45, 2.75) is 46.2 Å². The Kier molecular flexibility index (Phi) is 6.54. The molecule has 7 heteroatoms. The minimum atomic E-state index is -0.190. The summed E-state index contributed by atoms with van der Waals surface area (Å²) in [5, 5.41) is 11.4. The van der Waals surface area contributed by atoms with Gasteiger partial charge in [0, 0.05) is 49.7 Å². The maximum absolute atomic E-state index is 13.6. The third-order valence-corrected chi connectivity index (χ3v) is 5.33. The first-order chi connectivity index (χ1) is 13.5. The van der Waals surface area contributed by atoms with Gasteiger partial charge in [0.25, 0.3) is 0 Å². The Hall–Kier alpha value is -2.57. The molecule has 1 aromatic carbocycles. The molecule has 3 rings (SSSR count). The fraction of sp³-hybridized carbons (Fsp3) is 0.524.